The van der Waals surface area contributed by atoms with Gasteiger partial charge in [0, 0.05) is 31.2 Å². The first-order valence-corrected chi connectivity index (χ1v) is 6.75. The van der Waals surface area contributed by atoms with Gasteiger partial charge >= 0.3 is 6.18 Å². The van der Waals surface area contributed by atoms with Crippen LogP contribution in [0, 0.1) is 0 Å². The summed E-state index contributed by atoms with van der Waals surface area (Å²) in [7, 11) is 0. The Morgan fingerprint density at radius 1 is 1.30 bits per heavy atom. The highest BCUT2D eigenvalue weighted by Crippen LogP contribution is 2.38. The minimum absolute atomic E-state index is 0.0872. The molecule has 0 bridgehead atoms. The monoisotopic (exact) mass is 304 g/mol. The number of halogens is 4. The summed E-state index contributed by atoms with van der Waals surface area (Å²) in [6, 6.07) is 3.46. The van der Waals surface area contributed by atoms with Crippen molar-refractivity contribution in [2.75, 3.05) is 26.2 Å². The van der Waals surface area contributed by atoms with Crippen molar-refractivity contribution in [1.29, 1.82) is 0 Å². The van der Waals surface area contributed by atoms with Crippen LogP contribution in [0.25, 0.3) is 0 Å². The van der Waals surface area contributed by atoms with Crippen molar-refractivity contribution in [3.05, 3.63) is 47.0 Å². The van der Waals surface area contributed by atoms with Gasteiger partial charge in [-0.15, -0.1) is 6.58 Å². The van der Waals surface area contributed by atoms with Crippen LogP contribution in [0.3, 0.4) is 0 Å². The van der Waals surface area contributed by atoms with E-state index >= 15 is 0 Å². The summed E-state index contributed by atoms with van der Waals surface area (Å²) in [5, 5.41) is 3.27. The Morgan fingerprint density at radius 3 is 2.50 bits per heavy atom. The highest BCUT2D eigenvalue weighted by molar-refractivity contribution is 6.30. The lowest BCUT2D eigenvalue weighted by Gasteiger charge is -2.34. The first-order chi connectivity index (χ1) is 9.43. The molecule has 1 saturated heterocycles. The van der Waals surface area contributed by atoms with Gasteiger partial charge in [0.15, 0.2) is 0 Å². The summed E-state index contributed by atoms with van der Waals surface area (Å²) in [5.41, 5.74) is -0.479. The van der Waals surface area contributed by atoms with E-state index in [0.717, 1.165) is 19.2 Å². The summed E-state index contributed by atoms with van der Waals surface area (Å²) in [6.07, 6.45) is -2.86. The first-order valence-electron chi connectivity index (χ1n) is 6.37. The van der Waals surface area contributed by atoms with E-state index in [-0.39, 0.29) is 10.6 Å². The molecular weight excluding hydrogens is 289 g/mol. The van der Waals surface area contributed by atoms with E-state index in [2.05, 4.69) is 11.9 Å². The predicted molar refractivity (Wildman–Crippen MR) is 73.8 cm³/mol. The Bertz CT molecular complexity index is 482. The molecule has 2 rings (SSSR count). The van der Waals surface area contributed by atoms with Crippen LogP contribution in [0.15, 0.2) is 30.9 Å². The molecule has 0 saturated carbocycles. The van der Waals surface area contributed by atoms with Crippen LogP contribution in [0.5, 0.6) is 0 Å². The molecule has 0 aromatic heterocycles. The van der Waals surface area contributed by atoms with Gasteiger partial charge in [-0.2, -0.15) is 13.2 Å². The average Bonchev–Trinajstić information content (AvgIpc) is 2.41. The van der Waals surface area contributed by atoms with Crippen molar-refractivity contribution in [3.8, 4) is 0 Å². The number of benzene rings is 1. The van der Waals surface area contributed by atoms with Crippen molar-refractivity contribution >= 4 is 11.6 Å². The fourth-order valence-corrected chi connectivity index (χ4v) is 2.64. The Balaban J connectivity index is 2.40. The van der Waals surface area contributed by atoms with Gasteiger partial charge in [-0.05, 0) is 17.7 Å². The summed E-state index contributed by atoms with van der Waals surface area (Å²) < 4.78 is 39.5. The first kappa shape index (κ1) is 15.4. The lowest BCUT2D eigenvalue weighted by atomic mass is 9.98. The highest BCUT2D eigenvalue weighted by Gasteiger charge is 2.36. The zero-order valence-corrected chi connectivity index (χ0v) is 11.6. The number of piperazine rings is 1. The molecule has 1 aliphatic heterocycles. The molecule has 1 aromatic carbocycles. The number of rotatable bonds is 3. The molecule has 6 heteroatoms. The van der Waals surface area contributed by atoms with E-state index in [4.69, 9.17) is 11.6 Å². The largest absolute Gasteiger partial charge is 0.416 e. The van der Waals surface area contributed by atoms with Crippen molar-refractivity contribution in [1.82, 2.24) is 10.2 Å². The lowest BCUT2D eigenvalue weighted by molar-refractivity contribution is -0.138. The van der Waals surface area contributed by atoms with Gasteiger partial charge in [-0.25, -0.2) is 0 Å². The van der Waals surface area contributed by atoms with Crippen LogP contribution < -0.4 is 5.32 Å². The van der Waals surface area contributed by atoms with E-state index in [1.807, 2.05) is 4.90 Å². The SMILES string of the molecule is C=C[C@@H](c1ccc(Cl)cc1C(F)(F)F)N1CCNCC1. The number of alkyl halides is 3. The Morgan fingerprint density at radius 2 is 1.95 bits per heavy atom. The van der Waals surface area contributed by atoms with Crippen LogP contribution in [0.2, 0.25) is 5.02 Å². The summed E-state index contributed by atoms with van der Waals surface area (Å²) >= 11 is 5.71. The smallest absolute Gasteiger partial charge is 0.314 e. The molecule has 0 aliphatic carbocycles. The van der Waals surface area contributed by atoms with E-state index in [0.29, 0.717) is 13.1 Å². The fourth-order valence-electron chi connectivity index (χ4n) is 2.46. The van der Waals surface area contributed by atoms with Gasteiger partial charge in [-0.1, -0.05) is 23.7 Å². The molecule has 0 spiro atoms. The Labute approximate surface area is 121 Å². The van der Waals surface area contributed by atoms with Gasteiger partial charge in [0.25, 0.3) is 0 Å². The second kappa shape index (κ2) is 6.16. The normalized spacial score (nSPS) is 18.8. The minimum Gasteiger partial charge on any atom is -0.314 e. The number of nitrogens with zero attached hydrogens (tertiary/aromatic N) is 1. The van der Waals surface area contributed by atoms with Gasteiger partial charge in [0.1, 0.15) is 0 Å². The molecule has 1 atom stereocenters. The average molecular weight is 305 g/mol. The lowest BCUT2D eigenvalue weighted by Crippen LogP contribution is -2.45. The molecule has 110 valence electrons. The van der Waals surface area contributed by atoms with Gasteiger partial charge < -0.3 is 5.32 Å². The van der Waals surface area contributed by atoms with Crippen LogP contribution in [0.1, 0.15) is 17.2 Å². The second-order valence-corrected chi connectivity index (χ2v) is 5.13. The summed E-state index contributed by atoms with van der Waals surface area (Å²) in [4.78, 5) is 1.99. The molecule has 0 unspecified atom stereocenters. The third-order valence-electron chi connectivity index (χ3n) is 3.41. The standard InChI is InChI=1S/C14H16ClF3N2/c1-2-13(20-7-5-19-6-8-20)11-4-3-10(15)9-12(11)14(16,17)18/h2-4,9,13,19H,1,5-8H2/t13-/m0/s1. The molecule has 2 nitrogen and oxygen atoms in total. The summed E-state index contributed by atoms with van der Waals surface area (Å²) in [6.45, 7) is 6.60. The van der Waals surface area contributed by atoms with Crippen LogP contribution in [0.4, 0.5) is 13.2 Å². The number of nitrogens with one attached hydrogen (secondary N) is 1. The molecule has 1 fully saturated rings. The minimum atomic E-state index is -4.42. The molecule has 1 heterocycles. The van der Waals surface area contributed by atoms with E-state index < -0.39 is 17.8 Å². The maximum absolute atomic E-state index is 13.2. The van der Waals surface area contributed by atoms with E-state index in [1.165, 1.54) is 12.1 Å². The van der Waals surface area contributed by atoms with E-state index in [9.17, 15) is 13.2 Å². The van der Waals surface area contributed by atoms with Crippen molar-refractivity contribution < 1.29 is 13.2 Å². The van der Waals surface area contributed by atoms with Gasteiger partial charge in [0.05, 0.1) is 11.6 Å². The predicted octanol–water partition coefficient (Wildman–Crippen LogP) is 3.49. The molecule has 1 aliphatic rings. The van der Waals surface area contributed by atoms with Crippen LogP contribution in [-0.4, -0.2) is 31.1 Å². The third kappa shape index (κ3) is 3.34. The van der Waals surface area contributed by atoms with Gasteiger partial charge in [-0.3, -0.25) is 4.90 Å². The maximum atomic E-state index is 13.2. The van der Waals surface area contributed by atoms with Crippen molar-refractivity contribution in [3.63, 3.8) is 0 Å². The van der Waals surface area contributed by atoms with E-state index in [1.54, 1.807) is 6.08 Å². The van der Waals surface area contributed by atoms with Crippen LogP contribution >= 0.6 is 11.6 Å². The fraction of sp³-hybridized carbons (Fsp3) is 0.429. The molecule has 0 amide bonds. The molecular formula is C14H16ClF3N2. The number of hydrogen-bond donors (Lipinski definition) is 1. The van der Waals surface area contributed by atoms with Crippen LogP contribution in [-0.2, 0) is 6.18 Å². The molecule has 1 aromatic rings. The molecule has 20 heavy (non-hydrogen) atoms. The van der Waals surface area contributed by atoms with Crippen molar-refractivity contribution in [2.24, 2.45) is 0 Å². The number of hydrogen-bond acceptors (Lipinski definition) is 2. The molecule has 1 N–H and O–H groups in total. The van der Waals surface area contributed by atoms with Gasteiger partial charge in [0.2, 0.25) is 0 Å². The Hall–Kier alpha value is -1.04. The second-order valence-electron chi connectivity index (χ2n) is 4.70. The zero-order valence-electron chi connectivity index (χ0n) is 10.9. The zero-order chi connectivity index (χ0) is 14.8. The summed E-state index contributed by atoms with van der Waals surface area (Å²) in [5.74, 6) is 0. The molecule has 0 radical (unpaired) electrons. The Kier molecular flexibility index (Phi) is 4.73. The topological polar surface area (TPSA) is 15.3 Å². The van der Waals surface area contributed by atoms with Crippen molar-refractivity contribution in [2.45, 2.75) is 12.2 Å². The highest BCUT2D eigenvalue weighted by atomic mass is 35.5. The quantitative estimate of drug-likeness (QED) is 0.860. The third-order valence-corrected chi connectivity index (χ3v) is 3.64. The maximum Gasteiger partial charge on any atom is 0.416 e.